The Balaban J connectivity index is 1.31. The van der Waals surface area contributed by atoms with E-state index in [4.69, 9.17) is 0 Å². The number of nitrogens with one attached hydrogen (secondary N) is 1. The van der Waals surface area contributed by atoms with Crippen LogP contribution in [0.1, 0.15) is 65.4 Å². The lowest BCUT2D eigenvalue weighted by Gasteiger charge is -2.33. The molecule has 1 saturated heterocycles. The molecule has 7 nitrogen and oxygen atoms in total. The van der Waals surface area contributed by atoms with Gasteiger partial charge in [-0.05, 0) is 74.2 Å². The van der Waals surface area contributed by atoms with Crippen molar-refractivity contribution in [3.05, 3.63) is 100 Å². The number of imide groups is 1. The minimum absolute atomic E-state index is 0.0530. The van der Waals surface area contributed by atoms with Crippen LogP contribution in [-0.2, 0) is 0 Å². The van der Waals surface area contributed by atoms with Crippen LogP contribution in [0.4, 0.5) is 5.69 Å². The van der Waals surface area contributed by atoms with Crippen LogP contribution < -0.4 is 10.2 Å². The van der Waals surface area contributed by atoms with Crippen LogP contribution >= 0.6 is 0 Å². The van der Waals surface area contributed by atoms with Gasteiger partial charge in [0.05, 0.1) is 16.8 Å². The maximum absolute atomic E-state index is 13.2. The molecule has 5 rings (SSSR count). The molecule has 2 heterocycles. The highest BCUT2D eigenvalue weighted by molar-refractivity contribution is 6.35. The number of likely N-dealkylation sites (tertiary alicyclic amines) is 1. The Labute approximate surface area is 209 Å². The third-order valence-electron chi connectivity index (χ3n) is 6.82. The van der Waals surface area contributed by atoms with E-state index in [9.17, 15) is 19.2 Å². The summed E-state index contributed by atoms with van der Waals surface area (Å²) in [5.41, 5.74) is 3.76. The van der Waals surface area contributed by atoms with Crippen LogP contribution in [0.15, 0.2) is 66.7 Å². The number of piperidine rings is 1. The van der Waals surface area contributed by atoms with Crippen molar-refractivity contribution < 1.29 is 19.2 Å². The fourth-order valence-electron chi connectivity index (χ4n) is 4.87. The molecule has 7 heteroatoms. The molecule has 0 aromatic heterocycles. The summed E-state index contributed by atoms with van der Waals surface area (Å²) in [6.07, 6.45) is 1.54. The number of hydrogen-bond donors (Lipinski definition) is 1. The highest BCUT2D eigenvalue weighted by Gasteiger charge is 2.38. The predicted octanol–water partition coefficient (Wildman–Crippen LogP) is 4.14. The van der Waals surface area contributed by atoms with Gasteiger partial charge in [0.25, 0.3) is 23.6 Å². The minimum Gasteiger partial charge on any atom is -0.348 e. The zero-order valence-electron chi connectivity index (χ0n) is 20.3. The van der Waals surface area contributed by atoms with Crippen LogP contribution in [0.25, 0.3) is 0 Å². The van der Waals surface area contributed by atoms with Gasteiger partial charge in [0.2, 0.25) is 0 Å². The molecule has 0 bridgehead atoms. The van der Waals surface area contributed by atoms with E-state index in [-0.39, 0.29) is 29.0 Å². The second-order valence-corrected chi connectivity index (χ2v) is 9.43. The van der Waals surface area contributed by atoms with Crippen molar-refractivity contribution >= 4 is 29.3 Å². The highest BCUT2D eigenvalue weighted by Crippen LogP contribution is 2.32. The molecule has 3 aromatic rings. The van der Waals surface area contributed by atoms with Gasteiger partial charge in [-0.25, -0.2) is 4.90 Å². The molecule has 0 saturated carbocycles. The summed E-state index contributed by atoms with van der Waals surface area (Å²) in [6.45, 7) is 4.82. The molecular weight excluding hydrogens is 454 g/mol. The summed E-state index contributed by atoms with van der Waals surface area (Å²) < 4.78 is 0. The molecule has 182 valence electrons. The fourth-order valence-corrected chi connectivity index (χ4v) is 4.87. The van der Waals surface area contributed by atoms with Crippen LogP contribution in [0, 0.1) is 13.8 Å². The quantitative estimate of drug-likeness (QED) is 0.568. The number of anilines is 1. The largest absolute Gasteiger partial charge is 0.348 e. The molecule has 2 aliphatic heterocycles. The smallest absolute Gasteiger partial charge is 0.266 e. The van der Waals surface area contributed by atoms with Crippen LogP contribution in [0.3, 0.4) is 0 Å². The zero-order valence-corrected chi connectivity index (χ0v) is 20.3. The van der Waals surface area contributed by atoms with Gasteiger partial charge in [0.1, 0.15) is 0 Å². The van der Waals surface area contributed by atoms with Gasteiger partial charge >= 0.3 is 0 Å². The molecule has 1 unspecified atom stereocenters. The van der Waals surface area contributed by atoms with Crippen molar-refractivity contribution in [2.45, 2.75) is 32.7 Å². The van der Waals surface area contributed by atoms with Crippen LogP contribution in [0.5, 0.6) is 0 Å². The van der Waals surface area contributed by atoms with Crippen molar-refractivity contribution in [2.24, 2.45) is 0 Å². The first-order valence-electron chi connectivity index (χ1n) is 12.1. The van der Waals surface area contributed by atoms with E-state index in [0.29, 0.717) is 29.9 Å². The number of hydrogen-bond acceptors (Lipinski definition) is 4. The summed E-state index contributed by atoms with van der Waals surface area (Å²) in [6, 6.07) is 19.1. The van der Waals surface area contributed by atoms with E-state index in [0.717, 1.165) is 24.0 Å². The lowest BCUT2D eigenvalue weighted by atomic mass is 10.0. The van der Waals surface area contributed by atoms with Gasteiger partial charge in [-0.15, -0.1) is 0 Å². The molecule has 2 aliphatic rings. The van der Waals surface area contributed by atoms with Gasteiger partial charge in [-0.1, -0.05) is 30.3 Å². The summed E-state index contributed by atoms with van der Waals surface area (Å²) in [4.78, 5) is 55.1. The summed E-state index contributed by atoms with van der Waals surface area (Å²) in [7, 11) is 0. The molecular formula is C29H27N3O4. The molecule has 1 fully saturated rings. The van der Waals surface area contributed by atoms with Gasteiger partial charge in [-0.2, -0.15) is 0 Å². The first kappa shape index (κ1) is 23.5. The molecule has 0 spiro atoms. The predicted molar refractivity (Wildman–Crippen MR) is 136 cm³/mol. The first-order chi connectivity index (χ1) is 17.3. The maximum atomic E-state index is 13.2. The molecule has 36 heavy (non-hydrogen) atoms. The number of carbonyl (C=O) groups is 4. The van der Waals surface area contributed by atoms with Gasteiger partial charge in [0, 0.05) is 30.3 Å². The summed E-state index contributed by atoms with van der Waals surface area (Å²) in [5, 5.41) is 3.01. The normalized spacial score (nSPS) is 17.2. The van der Waals surface area contributed by atoms with E-state index in [1.807, 2.05) is 50.2 Å². The Morgan fingerprint density at radius 3 is 2.39 bits per heavy atom. The lowest BCUT2D eigenvalue weighted by molar-refractivity contribution is 0.0675. The Morgan fingerprint density at radius 1 is 0.861 bits per heavy atom. The third-order valence-corrected chi connectivity index (χ3v) is 6.82. The molecule has 4 amide bonds. The van der Waals surface area contributed by atoms with E-state index in [2.05, 4.69) is 5.32 Å². The summed E-state index contributed by atoms with van der Waals surface area (Å²) in [5.74, 6) is -1.21. The van der Waals surface area contributed by atoms with Gasteiger partial charge in [0.15, 0.2) is 0 Å². The fraction of sp³-hybridized carbons (Fsp3) is 0.241. The highest BCUT2D eigenvalue weighted by atomic mass is 16.2. The monoisotopic (exact) mass is 481 g/mol. The van der Waals surface area contributed by atoms with Gasteiger partial charge < -0.3 is 10.2 Å². The SMILES string of the molecule is Cc1ccc(C)c(N2C(=O)c3ccc(C(=O)NC4CCCN(C(=O)c5ccccc5)C4)cc3C2=O)c1. The molecule has 0 radical (unpaired) electrons. The number of benzene rings is 3. The van der Waals surface area contributed by atoms with Crippen molar-refractivity contribution in [3.63, 3.8) is 0 Å². The number of rotatable bonds is 4. The summed E-state index contributed by atoms with van der Waals surface area (Å²) >= 11 is 0. The topological polar surface area (TPSA) is 86.8 Å². The van der Waals surface area contributed by atoms with Crippen molar-refractivity contribution in [1.29, 1.82) is 0 Å². The number of aryl methyl sites for hydroxylation is 2. The maximum Gasteiger partial charge on any atom is 0.266 e. The van der Waals surface area contributed by atoms with Crippen molar-refractivity contribution in [3.8, 4) is 0 Å². The molecule has 1 N–H and O–H groups in total. The molecule has 1 atom stereocenters. The van der Waals surface area contributed by atoms with E-state index in [1.54, 1.807) is 29.2 Å². The number of amides is 4. The van der Waals surface area contributed by atoms with E-state index < -0.39 is 11.8 Å². The Kier molecular flexibility index (Phi) is 6.14. The third kappa shape index (κ3) is 4.28. The molecule has 0 aliphatic carbocycles. The number of carbonyl (C=O) groups excluding carboxylic acids is 4. The lowest BCUT2D eigenvalue weighted by Crippen LogP contribution is -2.49. The Bertz CT molecular complexity index is 1380. The second-order valence-electron chi connectivity index (χ2n) is 9.43. The average Bonchev–Trinajstić information content (AvgIpc) is 3.14. The average molecular weight is 482 g/mol. The van der Waals surface area contributed by atoms with Crippen LogP contribution in [0.2, 0.25) is 0 Å². The van der Waals surface area contributed by atoms with E-state index in [1.165, 1.54) is 11.0 Å². The van der Waals surface area contributed by atoms with Crippen LogP contribution in [-0.4, -0.2) is 47.7 Å². The number of fused-ring (bicyclic) bond motifs is 1. The minimum atomic E-state index is -0.435. The van der Waals surface area contributed by atoms with Crippen molar-refractivity contribution in [1.82, 2.24) is 10.2 Å². The van der Waals surface area contributed by atoms with Crippen molar-refractivity contribution in [2.75, 3.05) is 18.0 Å². The van der Waals surface area contributed by atoms with Gasteiger partial charge in [-0.3, -0.25) is 19.2 Å². The number of nitrogens with zero attached hydrogens (tertiary/aromatic N) is 2. The zero-order chi connectivity index (χ0) is 25.4. The standard InChI is InChI=1S/C29H27N3O4/c1-18-10-11-19(2)25(15-18)32-28(35)23-13-12-21(16-24(23)29(32)36)26(33)30-22-9-6-14-31(17-22)27(34)20-7-4-3-5-8-20/h3-5,7-8,10-13,15-16,22H,6,9,14,17H2,1-2H3,(H,30,33). The van der Waals surface area contributed by atoms with E-state index >= 15 is 0 Å². The molecule has 3 aromatic carbocycles. The second kappa shape index (κ2) is 9.41. The Morgan fingerprint density at radius 2 is 1.61 bits per heavy atom. The first-order valence-corrected chi connectivity index (χ1v) is 12.1. The Hall–Kier alpha value is -4.26.